The van der Waals surface area contributed by atoms with Crippen molar-refractivity contribution in [2.24, 2.45) is 5.92 Å². The highest BCUT2D eigenvalue weighted by Crippen LogP contribution is 1.91. The minimum atomic E-state index is -0.0735. The molecule has 5 nitrogen and oxygen atoms in total. The van der Waals surface area contributed by atoms with Gasteiger partial charge in [-0.05, 0) is 6.42 Å². The Morgan fingerprint density at radius 2 is 2.24 bits per heavy atom. The van der Waals surface area contributed by atoms with Crippen LogP contribution in [0.1, 0.15) is 26.5 Å². The standard InChI is InChI=1S/C12H19N3O2/c1-4-10-7-11(16)15(8-14-10)6-5-13-12(17)9(2)3/h7-9H,4-6H2,1-3H3,(H,13,17). The molecule has 1 rings (SSSR count). The SMILES string of the molecule is CCc1cc(=O)n(CCNC(=O)C(C)C)cn1. The van der Waals surface area contributed by atoms with Crippen LogP contribution in [0.25, 0.3) is 0 Å². The van der Waals surface area contributed by atoms with E-state index in [0.29, 0.717) is 13.1 Å². The summed E-state index contributed by atoms with van der Waals surface area (Å²) in [6.45, 7) is 6.52. The van der Waals surface area contributed by atoms with E-state index in [2.05, 4.69) is 10.3 Å². The van der Waals surface area contributed by atoms with Crippen molar-refractivity contribution in [3.63, 3.8) is 0 Å². The minimum Gasteiger partial charge on any atom is -0.354 e. The second-order valence-electron chi connectivity index (χ2n) is 4.21. The summed E-state index contributed by atoms with van der Waals surface area (Å²) < 4.78 is 1.50. The number of nitrogens with zero attached hydrogens (tertiary/aromatic N) is 2. The number of hydrogen-bond acceptors (Lipinski definition) is 3. The van der Waals surface area contributed by atoms with E-state index in [-0.39, 0.29) is 17.4 Å². The van der Waals surface area contributed by atoms with Gasteiger partial charge in [-0.2, -0.15) is 0 Å². The van der Waals surface area contributed by atoms with E-state index >= 15 is 0 Å². The van der Waals surface area contributed by atoms with Crippen molar-refractivity contribution in [3.05, 3.63) is 28.4 Å². The Kier molecular flexibility index (Phi) is 4.87. The van der Waals surface area contributed by atoms with Gasteiger partial charge in [0.1, 0.15) is 0 Å². The average molecular weight is 237 g/mol. The molecule has 94 valence electrons. The van der Waals surface area contributed by atoms with Crippen LogP contribution in [0.4, 0.5) is 0 Å². The predicted molar refractivity (Wildman–Crippen MR) is 65.7 cm³/mol. The minimum absolute atomic E-state index is 0.00353. The van der Waals surface area contributed by atoms with Crippen molar-refractivity contribution in [1.29, 1.82) is 0 Å². The molecule has 0 bridgehead atoms. The molecular weight excluding hydrogens is 218 g/mol. The van der Waals surface area contributed by atoms with Gasteiger partial charge in [-0.1, -0.05) is 20.8 Å². The van der Waals surface area contributed by atoms with Crippen molar-refractivity contribution in [2.45, 2.75) is 33.7 Å². The maximum absolute atomic E-state index is 11.6. The van der Waals surface area contributed by atoms with Crippen LogP contribution in [0.5, 0.6) is 0 Å². The van der Waals surface area contributed by atoms with Gasteiger partial charge in [-0.3, -0.25) is 14.2 Å². The lowest BCUT2D eigenvalue weighted by atomic mass is 10.2. The van der Waals surface area contributed by atoms with Gasteiger partial charge < -0.3 is 5.32 Å². The number of carbonyl (C=O) groups excluding carboxylic acids is 1. The third kappa shape index (κ3) is 4.01. The van der Waals surface area contributed by atoms with Crippen LogP contribution in [-0.2, 0) is 17.8 Å². The third-order valence-corrected chi connectivity index (χ3v) is 2.47. The Labute approximate surface area is 101 Å². The Bertz CT molecular complexity index is 438. The van der Waals surface area contributed by atoms with Crippen LogP contribution in [0.3, 0.4) is 0 Å². The zero-order valence-corrected chi connectivity index (χ0v) is 10.6. The van der Waals surface area contributed by atoms with Crippen LogP contribution in [0.15, 0.2) is 17.2 Å². The molecule has 0 aromatic carbocycles. The van der Waals surface area contributed by atoms with Gasteiger partial charge in [0.15, 0.2) is 0 Å². The summed E-state index contributed by atoms with van der Waals surface area (Å²) >= 11 is 0. The van der Waals surface area contributed by atoms with E-state index in [1.807, 2.05) is 20.8 Å². The number of carbonyl (C=O) groups is 1. The highest BCUT2D eigenvalue weighted by atomic mass is 16.2. The van der Waals surface area contributed by atoms with Crippen LogP contribution < -0.4 is 10.9 Å². The van der Waals surface area contributed by atoms with Gasteiger partial charge in [0, 0.05) is 30.8 Å². The van der Waals surface area contributed by atoms with Gasteiger partial charge in [-0.15, -0.1) is 0 Å². The first kappa shape index (κ1) is 13.4. The molecular formula is C12H19N3O2. The summed E-state index contributed by atoms with van der Waals surface area (Å²) in [7, 11) is 0. The number of aryl methyl sites for hydroxylation is 1. The van der Waals surface area contributed by atoms with Gasteiger partial charge in [0.05, 0.1) is 6.33 Å². The first-order valence-electron chi connectivity index (χ1n) is 5.87. The van der Waals surface area contributed by atoms with Gasteiger partial charge >= 0.3 is 0 Å². The van der Waals surface area contributed by atoms with Crippen molar-refractivity contribution in [3.8, 4) is 0 Å². The number of amides is 1. The fourth-order valence-corrected chi connectivity index (χ4v) is 1.33. The topological polar surface area (TPSA) is 64.0 Å². The molecule has 0 atom stereocenters. The summed E-state index contributed by atoms with van der Waals surface area (Å²) in [4.78, 5) is 27.1. The number of nitrogens with one attached hydrogen (secondary N) is 1. The first-order valence-corrected chi connectivity index (χ1v) is 5.87. The number of rotatable bonds is 5. The van der Waals surface area contributed by atoms with E-state index in [1.54, 1.807) is 0 Å². The zero-order valence-electron chi connectivity index (χ0n) is 10.6. The average Bonchev–Trinajstić information content (AvgIpc) is 2.30. The lowest BCUT2D eigenvalue weighted by Crippen LogP contribution is -2.33. The van der Waals surface area contributed by atoms with Crippen LogP contribution in [0.2, 0.25) is 0 Å². The predicted octanol–water partition coefficient (Wildman–Crippen LogP) is 0.578. The van der Waals surface area contributed by atoms with E-state index in [1.165, 1.54) is 17.0 Å². The zero-order chi connectivity index (χ0) is 12.8. The molecule has 17 heavy (non-hydrogen) atoms. The number of hydrogen-bond donors (Lipinski definition) is 1. The van der Waals surface area contributed by atoms with Gasteiger partial charge in [0.2, 0.25) is 5.91 Å². The van der Waals surface area contributed by atoms with E-state index < -0.39 is 0 Å². The molecule has 1 aromatic rings. The molecule has 0 fully saturated rings. The smallest absolute Gasteiger partial charge is 0.253 e. The van der Waals surface area contributed by atoms with Crippen LogP contribution >= 0.6 is 0 Å². The summed E-state index contributed by atoms with van der Waals surface area (Å²) in [5.41, 5.74) is 0.716. The molecule has 0 saturated carbocycles. The molecule has 0 saturated heterocycles. The van der Waals surface area contributed by atoms with Gasteiger partial charge in [0.25, 0.3) is 5.56 Å². The summed E-state index contributed by atoms with van der Waals surface area (Å²) in [5.74, 6) is -0.0384. The van der Waals surface area contributed by atoms with Crippen molar-refractivity contribution in [1.82, 2.24) is 14.9 Å². The highest BCUT2D eigenvalue weighted by Gasteiger charge is 2.05. The van der Waals surface area contributed by atoms with E-state index in [4.69, 9.17) is 0 Å². The normalized spacial score (nSPS) is 10.6. The van der Waals surface area contributed by atoms with Crippen molar-refractivity contribution in [2.75, 3.05) is 6.54 Å². The first-order chi connectivity index (χ1) is 8.04. The van der Waals surface area contributed by atoms with Gasteiger partial charge in [-0.25, -0.2) is 4.98 Å². The highest BCUT2D eigenvalue weighted by molar-refractivity contribution is 5.77. The quantitative estimate of drug-likeness (QED) is 0.814. The molecule has 0 unspecified atom stereocenters. The second kappa shape index (κ2) is 6.18. The lowest BCUT2D eigenvalue weighted by molar-refractivity contribution is -0.124. The third-order valence-electron chi connectivity index (χ3n) is 2.47. The summed E-state index contributed by atoms with van der Waals surface area (Å²) in [5, 5.41) is 2.76. The molecule has 0 aliphatic rings. The number of aromatic nitrogens is 2. The molecule has 0 aliphatic carbocycles. The fourth-order valence-electron chi connectivity index (χ4n) is 1.33. The lowest BCUT2D eigenvalue weighted by Gasteiger charge is -2.09. The Hall–Kier alpha value is -1.65. The Balaban J connectivity index is 2.53. The summed E-state index contributed by atoms with van der Waals surface area (Å²) in [6, 6.07) is 1.53. The molecule has 1 N–H and O–H groups in total. The van der Waals surface area contributed by atoms with E-state index in [9.17, 15) is 9.59 Å². The monoisotopic (exact) mass is 237 g/mol. The Morgan fingerprint density at radius 3 is 2.76 bits per heavy atom. The second-order valence-corrected chi connectivity index (χ2v) is 4.21. The summed E-state index contributed by atoms with van der Waals surface area (Å²) in [6.07, 6.45) is 2.28. The molecule has 0 radical (unpaired) electrons. The molecule has 5 heteroatoms. The molecule has 0 spiro atoms. The van der Waals surface area contributed by atoms with Crippen molar-refractivity contribution < 1.29 is 4.79 Å². The molecule has 1 aromatic heterocycles. The van der Waals surface area contributed by atoms with E-state index in [0.717, 1.165) is 12.1 Å². The largest absolute Gasteiger partial charge is 0.354 e. The van der Waals surface area contributed by atoms with Crippen LogP contribution in [0, 0.1) is 5.92 Å². The van der Waals surface area contributed by atoms with Crippen molar-refractivity contribution >= 4 is 5.91 Å². The maximum atomic E-state index is 11.6. The maximum Gasteiger partial charge on any atom is 0.253 e. The molecule has 0 aliphatic heterocycles. The fraction of sp³-hybridized carbons (Fsp3) is 0.583. The molecule has 1 heterocycles. The molecule has 1 amide bonds. The van der Waals surface area contributed by atoms with Crippen LogP contribution in [-0.4, -0.2) is 22.0 Å². The Morgan fingerprint density at radius 1 is 1.53 bits per heavy atom.